The highest BCUT2D eigenvalue weighted by Crippen LogP contribution is 1.97. The molecule has 0 unspecified atom stereocenters. The molecular weight excluding hydrogens is 190 g/mol. The maximum Gasteiger partial charge on any atom is 0.269 e. The van der Waals surface area contributed by atoms with Gasteiger partial charge in [-0.3, -0.25) is 4.79 Å². The number of hydrogen-bond acceptors (Lipinski definition) is 2. The molecule has 0 aliphatic heterocycles. The third kappa shape index (κ3) is 2.59. The Balaban J connectivity index is 2.59. The predicted molar refractivity (Wildman–Crippen MR) is 50.5 cm³/mol. The Morgan fingerprint density at radius 2 is 2.54 bits per heavy atom. The fraction of sp³-hybridized carbons (Fsp3) is 0.250. The second-order valence-electron chi connectivity index (χ2n) is 2.59. The molecule has 5 heteroatoms. The van der Waals surface area contributed by atoms with Gasteiger partial charge in [0, 0.05) is 12.1 Å². The van der Waals surface area contributed by atoms with E-state index in [4.69, 9.17) is 11.6 Å². The highest BCUT2D eigenvalue weighted by Gasteiger charge is 2.08. The lowest BCUT2D eigenvalue weighted by molar-refractivity contribution is 0.0949. The molecule has 1 aromatic heterocycles. The van der Waals surface area contributed by atoms with Crippen LogP contribution in [0.15, 0.2) is 24.1 Å². The van der Waals surface area contributed by atoms with Crippen molar-refractivity contribution in [2.24, 2.45) is 7.05 Å². The zero-order valence-corrected chi connectivity index (χ0v) is 8.01. The summed E-state index contributed by atoms with van der Waals surface area (Å²) >= 11 is 5.49. The summed E-state index contributed by atoms with van der Waals surface area (Å²) in [6, 6.07) is 0. The van der Waals surface area contributed by atoms with Crippen molar-refractivity contribution in [3.63, 3.8) is 0 Å². The summed E-state index contributed by atoms with van der Waals surface area (Å²) in [6.07, 6.45) is 3.05. The van der Waals surface area contributed by atoms with Gasteiger partial charge in [-0.15, -0.1) is 0 Å². The summed E-state index contributed by atoms with van der Waals surface area (Å²) in [5.41, 5.74) is 0.498. The molecule has 1 aromatic rings. The zero-order chi connectivity index (χ0) is 9.84. The first-order valence-electron chi connectivity index (χ1n) is 3.69. The molecule has 70 valence electrons. The van der Waals surface area contributed by atoms with E-state index in [0.717, 1.165) is 0 Å². The molecule has 0 aromatic carbocycles. The highest BCUT2D eigenvalue weighted by atomic mass is 35.5. The molecule has 1 N–H and O–H groups in total. The van der Waals surface area contributed by atoms with Crippen molar-refractivity contribution in [3.05, 3.63) is 29.8 Å². The number of halogens is 1. The Kier molecular flexibility index (Phi) is 3.08. The van der Waals surface area contributed by atoms with Crippen molar-refractivity contribution < 1.29 is 4.79 Å². The topological polar surface area (TPSA) is 46.9 Å². The lowest BCUT2D eigenvalue weighted by atomic mass is 10.4. The molecule has 0 saturated carbocycles. The van der Waals surface area contributed by atoms with Crippen LogP contribution in [0.4, 0.5) is 0 Å². The normalized spacial score (nSPS) is 9.69. The minimum Gasteiger partial charge on any atom is -0.346 e. The van der Waals surface area contributed by atoms with Gasteiger partial charge in [-0.05, 0) is 0 Å². The predicted octanol–water partition coefficient (Wildman–Crippen LogP) is 0.902. The Bertz CT molecular complexity index is 332. The molecule has 0 aliphatic carbocycles. The number of aryl methyl sites for hydroxylation is 1. The van der Waals surface area contributed by atoms with Crippen LogP contribution in [0.5, 0.6) is 0 Å². The summed E-state index contributed by atoms with van der Waals surface area (Å²) in [7, 11) is 1.75. The van der Waals surface area contributed by atoms with Crippen LogP contribution in [-0.4, -0.2) is 22.0 Å². The molecule has 0 saturated heterocycles. The van der Waals surface area contributed by atoms with Crippen LogP contribution in [0.25, 0.3) is 0 Å². The van der Waals surface area contributed by atoms with E-state index in [-0.39, 0.29) is 12.5 Å². The van der Waals surface area contributed by atoms with Gasteiger partial charge in [0.1, 0.15) is 5.69 Å². The van der Waals surface area contributed by atoms with Gasteiger partial charge in [-0.1, -0.05) is 18.2 Å². The third-order valence-corrected chi connectivity index (χ3v) is 1.62. The number of nitrogens with zero attached hydrogens (tertiary/aromatic N) is 2. The molecule has 4 nitrogen and oxygen atoms in total. The average Bonchev–Trinajstić information content (AvgIpc) is 2.47. The van der Waals surface area contributed by atoms with Crippen LogP contribution in [0, 0.1) is 0 Å². The molecule has 1 amide bonds. The number of amides is 1. The fourth-order valence-corrected chi connectivity index (χ4v) is 0.910. The summed E-state index contributed by atoms with van der Waals surface area (Å²) in [5.74, 6) is -0.207. The lowest BCUT2D eigenvalue weighted by Crippen LogP contribution is -2.26. The van der Waals surface area contributed by atoms with E-state index in [1.165, 1.54) is 6.20 Å². The van der Waals surface area contributed by atoms with Crippen molar-refractivity contribution in [2.45, 2.75) is 0 Å². The van der Waals surface area contributed by atoms with Crippen LogP contribution in [0.1, 0.15) is 10.5 Å². The van der Waals surface area contributed by atoms with E-state index in [9.17, 15) is 4.79 Å². The minimum atomic E-state index is -0.207. The van der Waals surface area contributed by atoms with Gasteiger partial charge >= 0.3 is 0 Å². The van der Waals surface area contributed by atoms with E-state index in [1.807, 2.05) is 0 Å². The smallest absolute Gasteiger partial charge is 0.269 e. The monoisotopic (exact) mass is 199 g/mol. The number of carbonyl (C=O) groups is 1. The Morgan fingerprint density at radius 1 is 1.85 bits per heavy atom. The average molecular weight is 200 g/mol. The van der Waals surface area contributed by atoms with Crippen molar-refractivity contribution in [1.29, 1.82) is 0 Å². The number of rotatable bonds is 3. The van der Waals surface area contributed by atoms with Crippen LogP contribution in [0.2, 0.25) is 0 Å². The van der Waals surface area contributed by atoms with E-state index in [2.05, 4.69) is 16.9 Å². The quantitative estimate of drug-likeness (QED) is 0.787. The number of hydrogen-bond donors (Lipinski definition) is 1. The SMILES string of the molecule is C=C(Cl)CNC(=O)c1cncn1C. The molecule has 0 bridgehead atoms. The van der Waals surface area contributed by atoms with Crippen LogP contribution < -0.4 is 5.32 Å². The van der Waals surface area contributed by atoms with Gasteiger partial charge in [0.05, 0.1) is 19.1 Å². The van der Waals surface area contributed by atoms with Crippen molar-refractivity contribution in [3.8, 4) is 0 Å². The Hall–Kier alpha value is -1.29. The van der Waals surface area contributed by atoms with Gasteiger partial charge in [0.15, 0.2) is 0 Å². The molecule has 0 aliphatic rings. The molecule has 13 heavy (non-hydrogen) atoms. The van der Waals surface area contributed by atoms with Gasteiger partial charge in [0.2, 0.25) is 0 Å². The van der Waals surface area contributed by atoms with Crippen molar-refractivity contribution in [2.75, 3.05) is 6.54 Å². The maximum atomic E-state index is 11.4. The van der Waals surface area contributed by atoms with Crippen LogP contribution in [-0.2, 0) is 7.05 Å². The second kappa shape index (κ2) is 4.09. The minimum absolute atomic E-state index is 0.207. The molecule has 0 radical (unpaired) electrons. The lowest BCUT2D eigenvalue weighted by Gasteiger charge is -2.03. The first-order chi connectivity index (χ1) is 6.11. The Morgan fingerprint density at radius 3 is 3.00 bits per heavy atom. The zero-order valence-electron chi connectivity index (χ0n) is 7.25. The summed E-state index contributed by atoms with van der Waals surface area (Å²) in [4.78, 5) is 15.2. The third-order valence-electron chi connectivity index (χ3n) is 1.49. The molecule has 1 rings (SSSR count). The van der Waals surface area contributed by atoms with Crippen LogP contribution >= 0.6 is 11.6 Å². The van der Waals surface area contributed by atoms with Crippen molar-refractivity contribution in [1.82, 2.24) is 14.9 Å². The van der Waals surface area contributed by atoms with E-state index in [1.54, 1.807) is 17.9 Å². The molecular formula is C8H10ClN3O. The maximum absolute atomic E-state index is 11.4. The highest BCUT2D eigenvalue weighted by molar-refractivity contribution is 6.29. The van der Waals surface area contributed by atoms with E-state index < -0.39 is 0 Å². The number of carbonyl (C=O) groups excluding carboxylic acids is 1. The van der Waals surface area contributed by atoms with E-state index in [0.29, 0.717) is 10.7 Å². The molecule has 1 heterocycles. The first kappa shape index (κ1) is 9.80. The molecule has 0 fully saturated rings. The Labute approximate surface area is 81.2 Å². The largest absolute Gasteiger partial charge is 0.346 e. The standard InChI is InChI=1S/C8H10ClN3O/c1-6(9)3-11-8(13)7-4-10-5-12(7)2/h4-5H,1,3H2,2H3,(H,11,13). The summed E-state index contributed by atoms with van der Waals surface area (Å²) < 4.78 is 1.63. The molecule has 0 spiro atoms. The first-order valence-corrected chi connectivity index (χ1v) is 4.07. The van der Waals surface area contributed by atoms with Crippen molar-refractivity contribution >= 4 is 17.5 Å². The fourth-order valence-electron chi connectivity index (χ4n) is 0.843. The number of imidazole rings is 1. The number of aromatic nitrogens is 2. The van der Waals surface area contributed by atoms with Gasteiger partial charge in [-0.2, -0.15) is 0 Å². The van der Waals surface area contributed by atoms with E-state index >= 15 is 0 Å². The number of nitrogens with one attached hydrogen (secondary N) is 1. The summed E-state index contributed by atoms with van der Waals surface area (Å²) in [6.45, 7) is 3.73. The second-order valence-corrected chi connectivity index (χ2v) is 3.12. The van der Waals surface area contributed by atoms with Gasteiger partial charge < -0.3 is 9.88 Å². The molecule has 0 atom stereocenters. The summed E-state index contributed by atoms with van der Waals surface area (Å²) in [5, 5.41) is 2.99. The van der Waals surface area contributed by atoms with Gasteiger partial charge in [-0.25, -0.2) is 4.98 Å². The van der Waals surface area contributed by atoms with Gasteiger partial charge in [0.25, 0.3) is 5.91 Å². The van der Waals surface area contributed by atoms with Crippen LogP contribution in [0.3, 0.4) is 0 Å².